The molecule has 0 aliphatic rings. The van der Waals surface area contributed by atoms with Gasteiger partial charge in [0.2, 0.25) is 0 Å². The van der Waals surface area contributed by atoms with Crippen LogP contribution in [0.5, 0.6) is 5.75 Å². The zero-order chi connectivity index (χ0) is 16.4. The number of sulfonamides is 1. The Labute approximate surface area is 138 Å². The molecule has 2 aromatic carbocycles. The standard InChI is InChI=1S/C13H9F3INO3S/c14-13(15,16)21-11-5-7-12(8-6-11)22(19,20)18-10-3-1-9(17)2-4-10/h1-8,18H. The monoisotopic (exact) mass is 443 g/mol. The minimum Gasteiger partial charge on any atom is -0.406 e. The van der Waals surface area contributed by atoms with Crippen molar-refractivity contribution < 1.29 is 26.3 Å². The number of benzene rings is 2. The smallest absolute Gasteiger partial charge is 0.406 e. The second-order valence-electron chi connectivity index (χ2n) is 4.13. The van der Waals surface area contributed by atoms with Gasteiger partial charge >= 0.3 is 6.36 Å². The first-order valence-corrected chi connectivity index (χ1v) is 8.36. The third kappa shape index (κ3) is 4.77. The Morgan fingerprint density at radius 2 is 1.50 bits per heavy atom. The lowest BCUT2D eigenvalue weighted by molar-refractivity contribution is -0.274. The lowest BCUT2D eigenvalue weighted by Crippen LogP contribution is -2.17. The molecular weight excluding hydrogens is 434 g/mol. The number of hydrogen-bond donors (Lipinski definition) is 1. The molecule has 0 saturated heterocycles. The van der Waals surface area contributed by atoms with Crippen molar-refractivity contribution in [2.45, 2.75) is 11.3 Å². The maximum Gasteiger partial charge on any atom is 0.573 e. The van der Waals surface area contributed by atoms with E-state index in [1.807, 2.05) is 0 Å². The number of anilines is 1. The fraction of sp³-hybridized carbons (Fsp3) is 0.0769. The summed E-state index contributed by atoms with van der Waals surface area (Å²) in [6.45, 7) is 0. The molecule has 22 heavy (non-hydrogen) atoms. The number of alkyl halides is 3. The van der Waals surface area contributed by atoms with Crippen molar-refractivity contribution in [2.24, 2.45) is 0 Å². The fourth-order valence-corrected chi connectivity index (χ4v) is 2.97. The molecule has 0 atom stereocenters. The number of ether oxygens (including phenoxy) is 1. The molecule has 2 aromatic rings. The number of rotatable bonds is 4. The highest BCUT2D eigenvalue weighted by molar-refractivity contribution is 14.1. The van der Waals surface area contributed by atoms with E-state index in [1.165, 1.54) is 0 Å². The molecule has 9 heteroatoms. The third-order valence-electron chi connectivity index (χ3n) is 2.46. The van der Waals surface area contributed by atoms with Crippen molar-refractivity contribution in [3.05, 3.63) is 52.1 Å². The Kier molecular flexibility index (Phi) is 4.85. The Bertz CT molecular complexity index is 744. The summed E-state index contributed by atoms with van der Waals surface area (Å²) in [4.78, 5) is -0.166. The number of nitrogens with one attached hydrogen (secondary N) is 1. The van der Waals surface area contributed by atoms with E-state index in [2.05, 4.69) is 32.0 Å². The first-order valence-electron chi connectivity index (χ1n) is 5.80. The van der Waals surface area contributed by atoms with Gasteiger partial charge in [0, 0.05) is 9.26 Å². The van der Waals surface area contributed by atoms with Crippen LogP contribution in [0.3, 0.4) is 0 Å². The first-order chi connectivity index (χ1) is 10.2. The zero-order valence-electron chi connectivity index (χ0n) is 10.8. The van der Waals surface area contributed by atoms with Crippen LogP contribution in [0.25, 0.3) is 0 Å². The maximum absolute atomic E-state index is 12.1. The molecule has 0 fully saturated rings. The molecule has 0 radical (unpaired) electrons. The average Bonchev–Trinajstić information content (AvgIpc) is 2.40. The normalized spacial score (nSPS) is 12.0. The first kappa shape index (κ1) is 16.9. The van der Waals surface area contributed by atoms with Gasteiger partial charge in [0.15, 0.2) is 0 Å². The SMILES string of the molecule is O=S(=O)(Nc1ccc(I)cc1)c1ccc(OC(F)(F)F)cc1. The van der Waals surface area contributed by atoms with E-state index in [4.69, 9.17) is 0 Å². The summed E-state index contributed by atoms with van der Waals surface area (Å²) in [6, 6.07) is 10.6. The van der Waals surface area contributed by atoms with Gasteiger partial charge in [0.25, 0.3) is 10.0 Å². The summed E-state index contributed by atoms with van der Waals surface area (Å²) in [5.41, 5.74) is 0.357. The van der Waals surface area contributed by atoms with Crippen LogP contribution in [0.15, 0.2) is 53.4 Å². The van der Waals surface area contributed by atoms with Crippen LogP contribution in [-0.2, 0) is 10.0 Å². The summed E-state index contributed by atoms with van der Waals surface area (Å²) in [5.74, 6) is -0.485. The van der Waals surface area contributed by atoms with Crippen LogP contribution in [0.2, 0.25) is 0 Å². The van der Waals surface area contributed by atoms with Crippen molar-refractivity contribution in [2.75, 3.05) is 4.72 Å². The minimum absolute atomic E-state index is 0.166. The lowest BCUT2D eigenvalue weighted by Gasteiger charge is -2.10. The van der Waals surface area contributed by atoms with Crippen LogP contribution in [0.4, 0.5) is 18.9 Å². The van der Waals surface area contributed by atoms with Gasteiger partial charge in [-0.25, -0.2) is 8.42 Å². The highest BCUT2D eigenvalue weighted by Gasteiger charge is 2.31. The van der Waals surface area contributed by atoms with E-state index in [-0.39, 0.29) is 4.90 Å². The molecule has 0 unspecified atom stereocenters. The topological polar surface area (TPSA) is 55.4 Å². The van der Waals surface area contributed by atoms with E-state index in [9.17, 15) is 21.6 Å². The van der Waals surface area contributed by atoms with E-state index in [0.29, 0.717) is 5.69 Å². The van der Waals surface area contributed by atoms with Gasteiger partial charge in [-0.05, 0) is 71.1 Å². The summed E-state index contributed by atoms with van der Waals surface area (Å²) in [5, 5.41) is 0. The van der Waals surface area contributed by atoms with Gasteiger partial charge in [-0.2, -0.15) is 0 Å². The second kappa shape index (κ2) is 6.32. The summed E-state index contributed by atoms with van der Waals surface area (Å²) < 4.78 is 67.3. The van der Waals surface area contributed by atoms with Gasteiger partial charge in [-0.3, -0.25) is 4.72 Å². The Morgan fingerprint density at radius 1 is 0.955 bits per heavy atom. The fourth-order valence-electron chi connectivity index (χ4n) is 1.55. The molecule has 0 spiro atoms. The van der Waals surface area contributed by atoms with Gasteiger partial charge in [0.1, 0.15) is 5.75 Å². The zero-order valence-corrected chi connectivity index (χ0v) is 13.7. The van der Waals surface area contributed by atoms with Crippen LogP contribution in [-0.4, -0.2) is 14.8 Å². The van der Waals surface area contributed by atoms with E-state index >= 15 is 0 Å². The summed E-state index contributed by atoms with van der Waals surface area (Å²) in [6.07, 6.45) is -4.82. The third-order valence-corrected chi connectivity index (χ3v) is 4.58. The molecule has 4 nitrogen and oxygen atoms in total. The molecule has 0 saturated carbocycles. The Hall–Kier alpha value is -1.49. The molecule has 2 rings (SSSR count). The van der Waals surface area contributed by atoms with Crippen LogP contribution >= 0.6 is 22.6 Å². The largest absolute Gasteiger partial charge is 0.573 e. The van der Waals surface area contributed by atoms with Crippen LogP contribution in [0.1, 0.15) is 0 Å². The average molecular weight is 443 g/mol. The van der Waals surface area contributed by atoms with Crippen LogP contribution < -0.4 is 9.46 Å². The van der Waals surface area contributed by atoms with Gasteiger partial charge in [-0.1, -0.05) is 0 Å². The molecule has 0 aromatic heterocycles. The van der Waals surface area contributed by atoms with Crippen molar-refractivity contribution in [1.82, 2.24) is 0 Å². The molecule has 0 bridgehead atoms. The summed E-state index contributed by atoms with van der Waals surface area (Å²) in [7, 11) is -3.88. The molecule has 0 amide bonds. The summed E-state index contributed by atoms with van der Waals surface area (Å²) >= 11 is 2.08. The van der Waals surface area contributed by atoms with Crippen molar-refractivity contribution in [1.29, 1.82) is 0 Å². The van der Waals surface area contributed by atoms with Gasteiger partial charge in [0.05, 0.1) is 4.90 Å². The van der Waals surface area contributed by atoms with E-state index in [1.54, 1.807) is 24.3 Å². The lowest BCUT2D eigenvalue weighted by atomic mass is 10.3. The van der Waals surface area contributed by atoms with Gasteiger partial charge in [-0.15, -0.1) is 13.2 Å². The molecule has 118 valence electrons. The Balaban J connectivity index is 2.17. The highest BCUT2D eigenvalue weighted by atomic mass is 127. The second-order valence-corrected chi connectivity index (χ2v) is 7.06. The Morgan fingerprint density at radius 3 is 2.00 bits per heavy atom. The highest BCUT2D eigenvalue weighted by Crippen LogP contribution is 2.24. The van der Waals surface area contributed by atoms with Gasteiger partial charge < -0.3 is 4.74 Å². The number of halogens is 4. The van der Waals surface area contributed by atoms with E-state index in [0.717, 1.165) is 27.8 Å². The molecule has 1 N–H and O–H groups in total. The molecule has 0 aliphatic heterocycles. The van der Waals surface area contributed by atoms with Crippen LogP contribution in [0, 0.1) is 3.57 Å². The van der Waals surface area contributed by atoms with Crippen molar-refractivity contribution in [3.8, 4) is 5.75 Å². The minimum atomic E-state index is -4.82. The predicted molar refractivity (Wildman–Crippen MR) is 83.1 cm³/mol. The molecular formula is C13H9F3INO3S. The maximum atomic E-state index is 12.1. The van der Waals surface area contributed by atoms with Crippen molar-refractivity contribution >= 4 is 38.3 Å². The molecule has 0 heterocycles. The molecule has 0 aliphatic carbocycles. The number of hydrogen-bond acceptors (Lipinski definition) is 3. The quantitative estimate of drug-likeness (QED) is 0.728. The van der Waals surface area contributed by atoms with E-state index < -0.39 is 22.1 Å². The predicted octanol–water partition coefficient (Wildman–Crippen LogP) is 3.99. The van der Waals surface area contributed by atoms with Crippen molar-refractivity contribution in [3.63, 3.8) is 0 Å².